The maximum Gasteiger partial charge on any atom is 0.306 e. The van der Waals surface area contributed by atoms with Crippen LogP contribution in [0, 0.1) is 0 Å². The molecule has 0 spiro atoms. The highest BCUT2D eigenvalue weighted by molar-refractivity contribution is 7.45. The molecule has 0 bridgehead atoms. The van der Waals surface area contributed by atoms with Crippen LogP contribution in [0.2, 0.25) is 0 Å². The number of rotatable bonds is 60. The van der Waals surface area contributed by atoms with E-state index in [0.29, 0.717) is 17.4 Å². The minimum Gasteiger partial charge on any atom is -0.756 e. The zero-order chi connectivity index (χ0) is 57.2. The van der Waals surface area contributed by atoms with Gasteiger partial charge >= 0.3 is 5.97 Å². The van der Waals surface area contributed by atoms with Crippen LogP contribution in [0.15, 0.2) is 60.8 Å². The van der Waals surface area contributed by atoms with E-state index in [2.05, 4.69) is 74.7 Å². The smallest absolute Gasteiger partial charge is 0.306 e. The summed E-state index contributed by atoms with van der Waals surface area (Å²) in [6.07, 6.45) is 73.4. The number of unbranched alkanes of at least 4 members (excludes halogenated alkanes) is 36. The molecule has 0 saturated carbocycles. The molecular weight excluding hydrogens is 988 g/mol. The Morgan fingerprint density at radius 1 is 0.462 bits per heavy atom. The number of ether oxygens (including phenoxy) is 1. The summed E-state index contributed by atoms with van der Waals surface area (Å²) in [4.78, 5) is 40.1. The highest BCUT2D eigenvalue weighted by Gasteiger charge is 2.27. The molecule has 1 N–H and O–H groups in total. The van der Waals surface area contributed by atoms with Crippen LogP contribution in [0.1, 0.15) is 310 Å². The van der Waals surface area contributed by atoms with Gasteiger partial charge in [0.05, 0.1) is 33.8 Å². The first-order valence-electron chi connectivity index (χ1n) is 33.1. The molecule has 0 aliphatic rings. The molecule has 0 fully saturated rings. The van der Waals surface area contributed by atoms with Gasteiger partial charge in [-0.3, -0.25) is 14.2 Å². The average Bonchev–Trinajstić information content (AvgIpc) is 3.40. The molecule has 456 valence electrons. The molecular formula is C68H127N2O7P. The van der Waals surface area contributed by atoms with Gasteiger partial charge in [0, 0.05) is 12.8 Å². The fraction of sp³-hybridized carbons (Fsp3) is 0.824. The molecule has 0 heterocycles. The zero-order valence-electron chi connectivity index (χ0n) is 52.1. The van der Waals surface area contributed by atoms with Gasteiger partial charge in [0.1, 0.15) is 19.3 Å². The zero-order valence-corrected chi connectivity index (χ0v) is 53.0. The van der Waals surface area contributed by atoms with E-state index in [-0.39, 0.29) is 31.3 Å². The van der Waals surface area contributed by atoms with E-state index >= 15 is 0 Å². The van der Waals surface area contributed by atoms with Gasteiger partial charge in [0.15, 0.2) is 0 Å². The number of amides is 1. The number of hydrogen-bond donors (Lipinski definition) is 1. The van der Waals surface area contributed by atoms with Crippen LogP contribution in [0.5, 0.6) is 0 Å². The summed E-state index contributed by atoms with van der Waals surface area (Å²) in [7, 11) is 1.17. The Balaban J connectivity index is 5.18. The minimum atomic E-state index is -4.71. The largest absolute Gasteiger partial charge is 0.756 e. The molecule has 0 aromatic heterocycles. The van der Waals surface area contributed by atoms with Crippen LogP contribution in [0.4, 0.5) is 0 Å². The molecule has 3 atom stereocenters. The van der Waals surface area contributed by atoms with Crippen molar-refractivity contribution in [2.75, 3.05) is 40.9 Å². The summed E-state index contributed by atoms with van der Waals surface area (Å²) in [5.41, 5.74) is 0. The van der Waals surface area contributed by atoms with Crippen LogP contribution in [0.25, 0.3) is 0 Å². The van der Waals surface area contributed by atoms with E-state index in [9.17, 15) is 19.0 Å². The van der Waals surface area contributed by atoms with Gasteiger partial charge in [-0.2, -0.15) is 0 Å². The lowest BCUT2D eigenvalue weighted by molar-refractivity contribution is -0.870. The first-order chi connectivity index (χ1) is 37.9. The standard InChI is InChI=1S/C68H127N2O7P/c1-7-10-13-16-19-22-25-28-30-32-33-34-35-36-37-38-40-43-46-49-52-55-58-61-68(72)77-66(59-56-53-50-47-44-41-27-24-21-18-15-12-9-3)65(64-76-78(73,74)75-63-62-70(4,5)6)69-67(71)60-57-54-51-48-45-42-39-31-29-26-23-20-17-14-11-8-2/h11,14,20,23,29,31,42,45,56,59,65-66H,7-10,12-13,15-19,21-22,24-28,30,32-41,43-44,46-55,57-58,60-64H2,1-6H3,(H-,69,71,73,74)/b14-11+,23-20+,31-29+,45-42+,59-56-. The van der Waals surface area contributed by atoms with Crippen molar-refractivity contribution in [3.05, 3.63) is 60.8 Å². The molecule has 0 aliphatic carbocycles. The second-order valence-electron chi connectivity index (χ2n) is 23.6. The molecule has 0 aromatic carbocycles. The molecule has 78 heavy (non-hydrogen) atoms. The van der Waals surface area contributed by atoms with E-state index in [1.54, 1.807) is 0 Å². The Kier molecular flexibility index (Phi) is 56.2. The normalized spacial score (nSPS) is 14.0. The summed E-state index contributed by atoms with van der Waals surface area (Å²) in [6, 6.07) is -0.905. The van der Waals surface area contributed by atoms with Crippen molar-refractivity contribution < 1.29 is 37.3 Å². The Labute approximate surface area is 483 Å². The molecule has 0 aromatic rings. The number of phosphoric ester groups is 1. The second-order valence-corrected chi connectivity index (χ2v) is 25.0. The molecule has 0 rings (SSSR count). The Bertz CT molecular complexity index is 1520. The van der Waals surface area contributed by atoms with Crippen LogP contribution < -0.4 is 10.2 Å². The second kappa shape index (κ2) is 57.9. The van der Waals surface area contributed by atoms with Crippen molar-refractivity contribution in [3.63, 3.8) is 0 Å². The Hall–Kier alpha value is -2.29. The first-order valence-corrected chi connectivity index (χ1v) is 34.6. The maximum absolute atomic E-state index is 13.5. The number of esters is 1. The Morgan fingerprint density at radius 2 is 0.821 bits per heavy atom. The van der Waals surface area contributed by atoms with Crippen molar-refractivity contribution in [3.8, 4) is 0 Å². The molecule has 3 unspecified atom stereocenters. The van der Waals surface area contributed by atoms with Crippen LogP contribution in [-0.2, 0) is 27.9 Å². The molecule has 1 amide bonds. The predicted octanol–water partition coefficient (Wildman–Crippen LogP) is 20.0. The van der Waals surface area contributed by atoms with Gasteiger partial charge in [-0.05, 0) is 70.3 Å². The predicted molar refractivity (Wildman–Crippen MR) is 335 cm³/mol. The van der Waals surface area contributed by atoms with Crippen molar-refractivity contribution in [1.29, 1.82) is 0 Å². The van der Waals surface area contributed by atoms with Gasteiger partial charge in [-0.1, -0.05) is 287 Å². The number of phosphoric acid groups is 1. The highest BCUT2D eigenvalue weighted by Crippen LogP contribution is 2.38. The quantitative estimate of drug-likeness (QED) is 0.0212. The number of likely N-dealkylation sites (N-methyl/N-ethyl adjacent to an activating group) is 1. The SMILES string of the molecule is CC/C=C/C/C=C/C/C=C/C/C=C/CCCCCC(=O)NC(COP(=O)([O-])OCC[N+](C)(C)C)C(/C=C\CCCCCCCCCCCCC)OC(=O)CCCCCCCCCCCCCCCCCCCCCCCCC. The summed E-state index contributed by atoms with van der Waals surface area (Å²) in [5.74, 6) is -0.566. The van der Waals surface area contributed by atoms with Crippen LogP contribution >= 0.6 is 7.82 Å². The number of nitrogens with one attached hydrogen (secondary N) is 1. The van der Waals surface area contributed by atoms with Crippen molar-refractivity contribution in [2.24, 2.45) is 0 Å². The fourth-order valence-corrected chi connectivity index (χ4v) is 10.4. The molecule has 0 saturated heterocycles. The lowest BCUT2D eigenvalue weighted by Crippen LogP contribution is -2.47. The van der Waals surface area contributed by atoms with Gasteiger partial charge in [0.25, 0.3) is 7.82 Å². The number of carbonyl (C=O) groups is 2. The fourth-order valence-electron chi connectivity index (χ4n) is 9.63. The minimum absolute atomic E-state index is 0.0287. The molecule has 9 nitrogen and oxygen atoms in total. The van der Waals surface area contributed by atoms with Crippen molar-refractivity contribution in [1.82, 2.24) is 5.32 Å². The van der Waals surface area contributed by atoms with Gasteiger partial charge in [-0.15, -0.1) is 0 Å². The topological polar surface area (TPSA) is 114 Å². The molecule has 10 heteroatoms. The van der Waals surface area contributed by atoms with Crippen molar-refractivity contribution >= 4 is 19.7 Å². The third kappa shape index (κ3) is 58.4. The first kappa shape index (κ1) is 75.7. The molecule has 0 aliphatic heterocycles. The lowest BCUT2D eigenvalue weighted by atomic mass is 10.0. The Morgan fingerprint density at radius 3 is 1.24 bits per heavy atom. The number of allylic oxidation sites excluding steroid dienone is 9. The monoisotopic (exact) mass is 1110 g/mol. The van der Waals surface area contributed by atoms with Gasteiger partial charge in [-0.25, -0.2) is 0 Å². The van der Waals surface area contributed by atoms with E-state index in [1.165, 1.54) is 186 Å². The van der Waals surface area contributed by atoms with Crippen LogP contribution in [-0.4, -0.2) is 69.4 Å². The number of nitrogens with zero attached hydrogens (tertiary/aromatic N) is 1. The number of quaternary nitrogens is 1. The maximum atomic E-state index is 13.5. The van der Waals surface area contributed by atoms with E-state index < -0.39 is 26.6 Å². The van der Waals surface area contributed by atoms with Gasteiger partial charge < -0.3 is 28.5 Å². The molecule has 0 radical (unpaired) electrons. The number of carbonyl (C=O) groups excluding carboxylic acids is 2. The summed E-state index contributed by atoms with van der Waals surface area (Å²) in [5, 5.41) is 3.02. The van der Waals surface area contributed by atoms with E-state index in [4.69, 9.17) is 13.8 Å². The third-order valence-electron chi connectivity index (χ3n) is 14.7. The van der Waals surface area contributed by atoms with Crippen LogP contribution in [0.3, 0.4) is 0 Å². The summed E-state index contributed by atoms with van der Waals surface area (Å²) >= 11 is 0. The van der Waals surface area contributed by atoms with Gasteiger partial charge in [0.2, 0.25) is 5.91 Å². The third-order valence-corrected chi connectivity index (χ3v) is 15.7. The van der Waals surface area contributed by atoms with E-state index in [0.717, 1.165) is 83.5 Å². The lowest BCUT2D eigenvalue weighted by Gasteiger charge is -2.30. The summed E-state index contributed by atoms with van der Waals surface area (Å²) < 4.78 is 30.4. The average molecular weight is 1120 g/mol. The van der Waals surface area contributed by atoms with E-state index in [1.807, 2.05) is 33.3 Å². The van der Waals surface area contributed by atoms with Crippen molar-refractivity contribution in [2.45, 2.75) is 322 Å². The number of hydrogen-bond acceptors (Lipinski definition) is 7. The highest BCUT2D eigenvalue weighted by atomic mass is 31.2. The summed E-state index contributed by atoms with van der Waals surface area (Å²) in [6.45, 7) is 6.74.